The summed E-state index contributed by atoms with van der Waals surface area (Å²) in [5.74, 6) is -0.268. The highest BCUT2D eigenvalue weighted by molar-refractivity contribution is 7.91. The molecule has 1 aromatic heterocycles. The minimum Gasteiger partial charge on any atom is -0.341 e. The first-order chi connectivity index (χ1) is 14.3. The summed E-state index contributed by atoms with van der Waals surface area (Å²) in [4.78, 5) is 26.3. The maximum atomic E-state index is 12.6. The van der Waals surface area contributed by atoms with Crippen molar-refractivity contribution >= 4 is 50.6 Å². The SMILES string of the molecule is CN(CC(=O)N1CCC(NC(=O)Nc2ccccc2)CC1)S(=O)(=O)c1ccc(Cl)s1. The third kappa shape index (κ3) is 5.72. The van der Waals surface area contributed by atoms with Gasteiger partial charge in [0.15, 0.2) is 0 Å². The molecule has 3 amide bonds. The van der Waals surface area contributed by atoms with Gasteiger partial charge in [0.05, 0.1) is 10.9 Å². The Labute approximate surface area is 184 Å². The first-order valence-electron chi connectivity index (χ1n) is 9.38. The van der Waals surface area contributed by atoms with Gasteiger partial charge in [-0.25, -0.2) is 13.2 Å². The molecule has 3 rings (SSSR count). The summed E-state index contributed by atoms with van der Waals surface area (Å²) in [6, 6.07) is 11.8. The molecule has 0 unspecified atom stereocenters. The normalized spacial score (nSPS) is 15.2. The van der Waals surface area contributed by atoms with Crippen LogP contribution in [0.1, 0.15) is 12.8 Å². The molecule has 1 fully saturated rings. The molecule has 1 aliphatic rings. The van der Waals surface area contributed by atoms with E-state index in [0.29, 0.717) is 36.0 Å². The number of para-hydroxylation sites is 1. The molecule has 0 radical (unpaired) electrons. The van der Waals surface area contributed by atoms with Crippen molar-refractivity contribution in [2.24, 2.45) is 0 Å². The zero-order valence-corrected chi connectivity index (χ0v) is 18.8. The van der Waals surface area contributed by atoms with Crippen LogP contribution in [0.3, 0.4) is 0 Å². The average Bonchev–Trinajstić information content (AvgIpc) is 3.16. The highest BCUT2D eigenvalue weighted by Crippen LogP contribution is 2.27. The number of urea groups is 1. The number of likely N-dealkylation sites (N-methyl/N-ethyl adjacent to an activating group) is 1. The standard InChI is InChI=1S/C19H23ClN4O4S2/c1-23(30(27,28)18-8-7-16(20)29-18)13-17(25)24-11-9-15(10-12-24)22-19(26)21-14-5-3-2-4-6-14/h2-8,15H,9-13H2,1H3,(H2,21,22,26). The second kappa shape index (κ2) is 9.78. The van der Waals surface area contributed by atoms with E-state index < -0.39 is 10.0 Å². The average molecular weight is 471 g/mol. The Balaban J connectivity index is 1.46. The van der Waals surface area contributed by atoms with Crippen LogP contribution in [0.5, 0.6) is 0 Å². The highest BCUT2D eigenvalue weighted by Gasteiger charge is 2.29. The second-order valence-electron chi connectivity index (χ2n) is 6.94. The second-order valence-corrected chi connectivity index (χ2v) is 10.9. The van der Waals surface area contributed by atoms with E-state index in [1.807, 2.05) is 18.2 Å². The molecule has 1 aliphatic heterocycles. The molecule has 0 aliphatic carbocycles. The van der Waals surface area contributed by atoms with Crippen molar-refractivity contribution in [3.8, 4) is 0 Å². The third-order valence-electron chi connectivity index (χ3n) is 4.79. The molecular weight excluding hydrogens is 448 g/mol. The van der Waals surface area contributed by atoms with E-state index in [1.54, 1.807) is 17.0 Å². The molecule has 11 heteroatoms. The van der Waals surface area contributed by atoms with E-state index in [2.05, 4.69) is 10.6 Å². The molecule has 0 spiro atoms. The Morgan fingerprint density at radius 2 is 1.83 bits per heavy atom. The quantitative estimate of drug-likeness (QED) is 0.678. The maximum absolute atomic E-state index is 12.6. The molecule has 162 valence electrons. The van der Waals surface area contributed by atoms with E-state index >= 15 is 0 Å². The van der Waals surface area contributed by atoms with Crippen LogP contribution in [0.4, 0.5) is 10.5 Å². The molecule has 30 heavy (non-hydrogen) atoms. The van der Waals surface area contributed by atoms with Crippen LogP contribution in [0, 0.1) is 0 Å². The summed E-state index contributed by atoms with van der Waals surface area (Å²) in [5.41, 5.74) is 0.707. The van der Waals surface area contributed by atoms with Crippen LogP contribution < -0.4 is 10.6 Å². The van der Waals surface area contributed by atoms with Crippen molar-refractivity contribution in [3.05, 3.63) is 46.8 Å². The first-order valence-corrected chi connectivity index (χ1v) is 12.0. The number of carbonyl (C=O) groups is 2. The van der Waals surface area contributed by atoms with Crippen molar-refractivity contribution in [1.82, 2.24) is 14.5 Å². The predicted molar refractivity (Wildman–Crippen MR) is 117 cm³/mol. The number of halogens is 1. The largest absolute Gasteiger partial charge is 0.341 e. The lowest BCUT2D eigenvalue weighted by molar-refractivity contribution is -0.132. The number of likely N-dealkylation sites (tertiary alicyclic amines) is 1. The molecule has 2 N–H and O–H groups in total. The molecule has 8 nitrogen and oxygen atoms in total. The van der Waals surface area contributed by atoms with Crippen LogP contribution in [-0.2, 0) is 14.8 Å². The fraction of sp³-hybridized carbons (Fsp3) is 0.368. The van der Waals surface area contributed by atoms with Gasteiger partial charge in [-0.3, -0.25) is 4.79 Å². The van der Waals surface area contributed by atoms with E-state index in [0.717, 1.165) is 15.6 Å². The lowest BCUT2D eigenvalue weighted by Crippen LogP contribution is -2.49. The Kier molecular flexibility index (Phi) is 7.35. The van der Waals surface area contributed by atoms with Crippen LogP contribution in [-0.4, -0.2) is 62.3 Å². The van der Waals surface area contributed by atoms with E-state index in [1.165, 1.54) is 19.2 Å². The smallest absolute Gasteiger partial charge is 0.319 e. The van der Waals surface area contributed by atoms with Gasteiger partial charge >= 0.3 is 6.03 Å². The molecule has 1 aromatic carbocycles. The van der Waals surface area contributed by atoms with Gasteiger partial charge < -0.3 is 15.5 Å². The highest BCUT2D eigenvalue weighted by atomic mass is 35.5. The van der Waals surface area contributed by atoms with Gasteiger partial charge in [0.1, 0.15) is 4.21 Å². The van der Waals surface area contributed by atoms with Gasteiger partial charge in [0.25, 0.3) is 10.0 Å². The number of amides is 3. The topological polar surface area (TPSA) is 98.8 Å². The minimum absolute atomic E-state index is 0.0486. The molecule has 2 aromatic rings. The Morgan fingerprint density at radius 3 is 2.43 bits per heavy atom. The number of anilines is 1. The molecule has 0 bridgehead atoms. The number of nitrogens with zero attached hydrogens (tertiary/aromatic N) is 2. The Hall–Kier alpha value is -2.14. The summed E-state index contributed by atoms with van der Waals surface area (Å²) in [7, 11) is -2.38. The Bertz CT molecular complexity index is 989. The third-order valence-corrected chi connectivity index (χ3v) is 8.29. The number of sulfonamides is 1. The zero-order chi connectivity index (χ0) is 21.7. The summed E-state index contributed by atoms with van der Waals surface area (Å²) >= 11 is 6.78. The fourth-order valence-corrected chi connectivity index (χ4v) is 5.93. The van der Waals surface area contributed by atoms with Crippen LogP contribution in [0.25, 0.3) is 0 Å². The fourth-order valence-electron chi connectivity index (χ4n) is 3.11. The lowest BCUT2D eigenvalue weighted by atomic mass is 10.1. The van der Waals surface area contributed by atoms with Crippen molar-refractivity contribution in [3.63, 3.8) is 0 Å². The zero-order valence-electron chi connectivity index (χ0n) is 16.4. The maximum Gasteiger partial charge on any atom is 0.319 e. The van der Waals surface area contributed by atoms with Crippen LogP contribution >= 0.6 is 22.9 Å². The number of hydrogen-bond donors (Lipinski definition) is 2. The van der Waals surface area contributed by atoms with E-state index in [4.69, 9.17) is 11.6 Å². The van der Waals surface area contributed by atoms with Crippen molar-refractivity contribution in [1.29, 1.82) is 0 Å². The molecule has 0 saturated carbocycles. The van der Waals surface area contributed by atoms with Crippen LogP contribution in [0.15, 0.2) is 46.7 Å². The molecule has 1 saturated heterocycles. The number of thiophene rings is 1. The monoisotopic (exact) mass is 470 g/mol. The van der Waals surface area contributed by atoms with Gasteiger partial charge in [0.2, 0.25) is 5.91 Å². The number of nitrogens with one attached hydrogen (secondary N) is 2. The number of benzene rings is 1. The van der Waals surface area contributed by atoms with Gasteiger partial charge in [-0.2, -0.15) is 4.31 Å². The molecular formula is C19H23ClN4O4S2. The Morgan fingerprint density at radius 1 is 1.17 bits per heavy atom. The van der Waals surface area contributed by atoms with Crippen LogP contribution in [0.2, 0.25) is 4.34 Å². The predicted octanol–water partition coefficient (Wildman–Crippen LogP) is 2.83. The summed E-state index contributed by atoms with van der Waals surface area (Å²) in [6.45, 7) is 0.659. The summed E-state index contributed by atoms with van der Waals surface area (Å²) in [5, 5.41) is 5.68. The minimum atomic E-state index is -3.75. The van der Waals surface area contributed by atoms with Crippen molar-refractivity contribution in [2.45, 2.75) is 23.1 Å². The van der Waals surface area contributed by atoms with Crippen molar-refractivity contribution < 1.29 is 18.0 Å². The van der Waals surface area contributed by atoms with Crippen molar-refractivity contribution in [2.75, 3.05) is 32.0 Å². The molecule has 0 atom stereocenters. The summed E-state index contributed by atoms with van der Waals surface area (Å²) in [6.07, 6.45) is 1.20. The van der Waals surface area contributed by atoms with E-state index in [-0.39, 0.29) is 28.7 Å². The van der Waals surface area contributed by atoms with Gasteiger partial charge in [0, 0.05) is 31.9 Å². The van der Waals surface area contributed by atoms with Gasteiger partial charge in [-0.1, -0.05) is 29.8 Å². The van der Waals surface area contributed by atoms with Gasteiger partial charge in [-0.05, 0) is 37.1 Å². The number of carbonyl (C=O) groups excluding carboxylic acids is 2. The lowest BCUT2D eigenvalue weighted by Gasteiger charge is -2.33. The number of rotatable bonds is 6. The molecule has 2 heterocycles. The number of piperidine rings is 1. The van der Waals surface area contributed by atoms with E-state index in [9.17, 15) is 18.0 Å². The van der Waals surface area contributed by atoms with Gasteiger partial charge in [-0.15, -0.1) is 11.3 Å². The summed E-state index contributed by atoms with van der Waals surface area (Å²) < 4.78 is 26.6. The number of hydrogen-bond acceptors (Lipinski definition) is 5. The first kappa shape index (κ1) is 22.5.